The Bertz CT molecular complexity index is 1500. The first-order valence-corrected chi connectivity index (χ1v) is 14.1. The van der Waals surface area contributed by atoms with Gasteiger partial charge in [-0.05, 0) is 43.0 Å². The molecule has 0 aliphatic carbocycles. The molecule has 0 unspecified atom stereocenters. The van der Waals surface area contributed by atoms with E-state index < -0.39 is 6.03 Å². The number of aliphatic imine (C=N–C) groups is 1. The number of methoxy groups -OCH3 is 1. The minimum absolute atomic E-state index is 0.202. The van der Waals surface area contributed by atoms with Gasteiger partial charge in [0.25, 0.3) is 0 Å². The number of ether oxygens (including phenoxy) is 3. The number of hydrogen-bond donors (Lipinski definition) is 3. The van der Waals surface area contributed by atoms with Crippen LogP contribution in [0.2, 0.25) is 0 Å². The van der Waals surface area contributed by atoms with Crippen molar-refractivity contribution in [3.05, 3.63) is 90.0 Å². The number of para-hydroxylation sites is 1. The van der Waals surface area contributed by atoms with Crippen LogP contribution >= 0.6 is 0 Å². The fourth-order valence-corrected chi connectivity index (χ4v) is 4.42. The highest BCUT2D eigenvalue weighted by molar-refractivity contribution is 5.90. The summed E-state index contributed by atoms with van der Waals surface area (Å²) in [5.74, 6) is 2.69. The van der Waals surface area contributed by atoms with E-state index in [2.05, 4.69) is 43.0 Å². The van der Waals surface area contributed by atoms with E-state index in [1.807, 2.05) is 60.4 Å². The first-order valence-electron chi connectivity index (χ1n) is 14.1. The summed E-state index contributed by atoms with van der Waals surface area (Å²) < 4.78 is 18.7. The first-order chi connectivity index (χ1) is 20.6. The number of carbonyl (C=O) groups is 1. The fourth-order valence-electron chi connectivity index (χ4n) is 4.42. The van der Waals surface area contributed by atoms with Gasteiger partial charge in [0.05, 0.1) is 31.7 Å². The number of morpholine rings is 1. The number of aryl methyl sites for hydroxylation is 1. The predicted octanol–water partition coefficient (Wildman–Crippen LogP) is 4.86. The molecule has 1 fully saturated rings. The SMILES string of the molecule is C=C(/N=C(\C=C/N)Oc1ccccc1CNC(=O)Nc1cc(C(C)(C)C)nn1-c1ccc(OC)c(C)c1)N1CCOCC1. The van der Waals surface area contributed by atoms with E-state index >= 15 is 0 Å². The average Bonchev–Trinajstić information content (AvgIpc) is 3.41. The molecule has 4 rings (SSSR count). The van der Waals surface area contributed by atoms with Crippen molar-refractivity contribution in [2.75, 3.05) is 38.7 Å². The topological polar surface area (TPSA) is 128 Å². The number of aromatic nitrogens is 2. The van der Waals surface area contributed by atoms with Crippen molar-refractivity contribution in [2.24, 2.45) is 10.7 Å². The van der Waals surface area contributed by atoms with Gasteiger partial charge >= 0.3 is 6.03 Å². The maximum Gasteiger partial charge on any atom is 0.320 e. The number of carbonyl (C=O) groups excluding carboxylic acids is 1. The third kappa shape index (κ3) is 8.16. The summed E-state index contributed by atoms with van der Waals surface area (Å²) in [6, 6.07) is 14.7. The molecule has 0 bridgehead atoms. The third-order valence-electron chi connectivity index (χ3n) is 6.82. The zero-order valence-electron chi connectivity index (χ0n) is 25.5. The molecule has 2 aromatic carbocycles. The Morgan fingerprint density at radius 3 is 2.58 bits per heavy atom. The molecule has 4 N–H and O–H groups in total. The highest BCUT2D eigenvalue weighted by Gasteiger charge is 2.22. The largest absolute Gasteiger partial charge is 0.496 e. The van der Waals surface area contributed by atoms with Crippen molar-refractivity contribution in [1.29, 1.82) is 0 Å². The van der Waals surface area contributed by atoms with Crippen LogP contribution in [0.1, 0.15) is 37.6 Å². The lowest BCUT2D eigenvalue weighted by molar-refractivity contribution is 0.0533. The van der Waals surface area contributed by atoms with E-state index in [0.29, 0.717) is 43.7 Å². The van der Waals surface area contributed by atoms with Gasteiger partial charge in [0.15, 0.2) is 0 Å². The molecule has 1 aliphatic rings. The molecule has 11 heteroatoms. The molecule has 2 heterocycles. The smallest absolute Gasteiger partial charge is 0.320 e. The van der Waals surface area contributed by atoms with Crippen LogP contribution in [0.4, 0.5) is 10.6 Å². The van der Waals surface area contributed by atoms with Gasteiger partial charge in [-0.3, -0.25) is 5.32 Å². The van der Waals surface area contributed by atoms with Gasteiger partial charge in [-0.25, -0.2) is 9.48 Å². The molecule has 1 aromatic heterocycles. The standard InChI is InChI=1S/C32H41N7O4/c1-22-19-25(11-12-26(22)41-6)39-29(20-28(37-39)32(3,4)5)36-31(40)34-21-24-9-7-8-10-27(24)43-30(13-14-33)35-23(2)38-15-17-42-18-16-38/h7-14,19-20H,2,15-18,21,33H2,1,3-6H3,(H2,34,36,40)/b14-13-,35-30+. The molecule has 0 atom stereocenters. The van der Waals surface area contributed by atoms with E-state index in [0.717, 1.165) is 28.3 Å². The summed E-state index contributed by atoms with van der Waals surface area (Å²) in [6.45, 7) is 15.1. The Morgan fingerprint density at radius 1 is 1.16 bits per heavy atom. The molecule has 0 spiro atoms. The lowest BCUT2D eigenvalue weighted by Gasteiger charge is -2.28. The van der Waals surface area contributed by atoms with Gasteiger partial charge in [-0.1, -0.05) is 45.5 Å². The summed E-state index contributed by atoms with van der Waals surface area (Å²) in [7, 11) is 1.64. The Labute approximate surface area is 253 Å². The highest BCUT2D eigenvalue weighted by Crippen LogP contribution is 2.28. The number of hydrogen-bond acceptors (Lipinski definition) is 8. The molecule has 1 saturated heterocycles. The number of nitrogens with one attached hydrogen (secondary N) is 2. The van der Waals surface area contributed by atoms with Crippen LogP contribution in [0.3, 0.4) is 0 Å². The zero-order chi connectivity index (χ0) is 31.0. The number of nitrogens with two attached hydrogens (primary N) is 1. The maximum atomic E-state index is 13.1. The van der Waals surface area contributed by atoms with Gasteiger partial charge in [0.1, 0.15) is 23.1 Å². The van der Waals surface area contributed by atoms with Crippen LogP contribution < -0.4 is 25.8 Å². The second kappa shape index (κ2) is 13.9. The molecule has 3 aromatic rings. The van der Waals surface area contributed by atoms with Crippen LogP contribution in [-0.2, 0) is 16.7 Å². The van der Waals surface area contributed by atoms with E-state index in [-0.39, 0.29) is 17.9 Å². The van der Waals surface area contributed by atoms with E-state index in [4.69, 9.17) is 25.0 Å². The van der Waals surface area contributed by atoms with Crippen LogP contribution in [0.25, 0.3) is 5.69 Å². The zero-order valence-corrected chi connectivity index (χ0v) is 25.5. The number of nitrogens with zero attached hydrogens (tertiary/aromatic N) is 4. The van der Waals surface area contributed by atoms with Crippen molar-refractivity contribution in [3.63, 3.8) is 0 Å². The molecule has 0 saturated carbocycles. The summed E-state index contributed by atoms with van der Waals surface area (Å²) in [4.78, 5) is 19.7. The summed E-state index contributed by atoms with van der Waals surface area (Å²) >= 11 is 0. The lowest BCUT2D eigenvalue weighted by atomic mass is 9.92. The van der Waals surface area contributed by atoms with Crippen molar-refractivity contribution >= 4 is 17.7 Å². The summed E-state index contributed by atoms with van der Waals surface area (Å²) in [5.41, 5.74) is 8.81. The summed E-state index contributed by atoms with van der Waals surface area (Å²) in [6.07, 6.45) is 2.93. The van der Waals surface area contributed by atoms with Crippen LogP contribution in [0, 0.1) is 6.92 Å². The maximum absolute atomic E-state index is 13.1. The average molecular weight is 588 g/mol. The van der Waals surface area contributed by atoms with Crippen LogP contribution in [0.5, 0.6) is 11.5 Å². The molecule has 2 amide bonds. The number of benzene rings is 2. The molecule has 1 aliphatic heterocycles. The van der Waals surface area contributed by atoms with E-state index in [1.165, 1.54) is 6.20 Å². The van der Waals surface area contributed by atoms with E-state index in [9.17, 15) is 4.79 Å². The second-order valence-corrected chi connectivity index (χ2v) is 11.1. The minimum Gasteiger partial charge on any atom is -0.496 e. The lowest BCUT2D eigenvalue weighted by Crippen LogP contribution is -2.35. The Hall–Kier alpha value is -4.77. The molecular formula is C32H41N7O4. The van der Waals surface area contributed by atoms with Crippen LogP contribution in [0.15, 0.2) is 78.2 Å². The first kappa shape index (κ1) is 31.2. The van der Waals surface area contributed by atoms with Crippen molar-refractivity contribution in [3.8, 4) is 17.2 Å². The molecule has 11 nitrogen and oxygen atoms in total. The number of anilines is 1. The number of rotatable bonds is 9. The van der Waals surface area contributed by atoms with Gasteiger partial charge in [0.2, 0.25) is 5.90 Å². The third-order valence-corrected chi connectivity index (χ3v) is 6.82. The predicted molar refractivity (Wildman–Crippen MR) is 169 cm³/mol. The van der Waals surface area contributed by atoms with Gasteiger partial charge < -0.3 is 30.2 Å². The Balaban J connectivity index is 1.49. The second-order valence-electron chi connectivity index (χ2n) is 11.1. The quantitative estimate of drug-likeness (QED) is 0.241. The normalized spacial score (nSPS) is 14.1. The summed E-state index contributed by atoms with van der Waals surface area (Å²) in [5, 5.41) is 10.7. The number of amides is 2. The Morgan fingerprint density at radius 2 is 1.91 bits per heavy atom. The van der Waals surface area contributed by atoms with Crippen molar-refractivity contribution in [1.82, 2.24) is 20.0 Å². The van der Waals surface area contributed by atoms with Gasteiger partial charge in [-0.2, -0.15) is 10.1 Å². The highest BCUT2D eigenvalue weighted by atomic mass is 16.5. The van der Waals surface area contributed by atoms with Gasteiger partial charge in [0, 0.05) is 42.8 Å². The molecular weight excluding hydrogens is 546 g/mol. The monoisotopic (exact) mass is 587 g/mol. The van der Waals surface area contributed by atoms with Crippen LogP contribution in [-0.4, -0.2) is 60.0 Å². The van der Waals surface area contributed by atoms with E-state index in [1.54, 1.807) is 17.9 Å². The molecule has 43 heavy (non-hydrogen) atoms. The molecule has 228 valence electrons. The fraction of sp³-hybridized carbons (Fsp3) is 0.344. The van der Waals surface area contributed by atoms with Crippen molar-refractivity contribution < 1.29 is 19.0 Å². The van der Waals surface area contributed by atoms with Crippen molar-refractivity contribution in [2.45, 2.75) is 39.7 Å². The Kier molecular flexibility index (Phi) is 10.1. The minimum atomic E-state index is -0.391. The molecule has 0 radical (unpaired) electrons. The number of urea groups is 1. The van der Waals surface area contributed by atoms with Gasteiger partial charge in [-0.15, -0.1) is 0 Å².